The van der Waals surface area contributed by atoms with Gasteiger partial charge in [-0.05, 0) is 42.8 Å². The van der Waals surface area contributed by atoms with Crippen molar-refractivity contribution >= 4 is 11.6 Å². The molecule has 0 heterocycles. The van der Waals surface area contributed by atoms with Gasteiger partial charge in [0.05, 0.1) is 5.56 Å². The standard InChI is InChI=1S/C14H12FNO3/c1-8-6-9(2-5-13(8)18)16-14(19)11-4-3-10(17)7-12(11)15/h2-7,17-18H,1H3,(H,16,19). The Morgan fingerprint density at radius 2 is 1.89 bits per heavy atom. The van der Waals surface area contributed by atoms with E-state index in [-0.39, 0.29) is 17.1 Å². The minimum Gasteiger partial charge on any atom is -0.508 e. The summed E-state index contributed by atoms with van der Waals surface area (Å²) in [6, 6.07) is 7.84. The molecule has 1 amide bonds. The number of anilines is 1. The van der Waals surface area contributed by atoms with E-state index in [4.69, 9.17) is 5.11 Å². The van der Waals surface area contributed by atoms with E-state index in [2.05, 4.69) is 5.32 Å². The number of benzene rings is 2. The fraction of sp³-hybridized carbons (Fsp3) is 0.0714. The molecular formula is C14H12FNO3. The highest BCUT2D eigenvalue weighted by Gasteiger charge is 2.12. The lowest BCUT2D eigenvalue weighted by molar-refractivity contribution is 0.102. The Kier molecular flexibility index (Phi) is 3.37. The number of carbonyl (C=O) groups is 1. The first-order valence-corrected chi connectivity index (χ1v) is 5.57. The molecule has 0 bridgehead atoms. The SMILES string of the molecule is Cc1cc(NC(=O)c2ccc(O)cc2F)ccc1O. The Hall–Kier alpha value is -2.56. The molecular weight excluding hydrogens is 249 g/mol. The van der Waals surface area contributed by atoms with Gasteiger partial charge in [-0.2, -0.15) is 0 Å². The third kappa shape index (κ3) is 2.82. The number of aryl methyl sites for hydroxylation is 1. The summed E-state index contributed by atoms with van der Waals surface area (Å²) >= 11 is 0. The lowest BCUT2D eigenvalue weighted by atomic mass is 10.1. The number of halogens is 1. The number of rotatable bonds is 2. The van der Waals surface area contributed by atoms with Crippen LogP contribution in [0.15, 0.2) is 36.4 Å². The van der Waals surface area contributed by atoms with Crippen molar-refractivity contribution in [1.29, 1.82) is 0 Å². The van der Waals surface area contributed by atoms with E-state index < -0.39 is 11.7 Å². The summed E-state index contributed by atoms with van der Waals surface area (Å²) in [5.41, 5.74) is 0.889. The van der Waals surface area contributed by atoms with Gasteiger partial charge in [-0.15, -0.1) is 0 Å². The van der Waals surface area contributed by atoms with Crippen molar-refractivity contribution in [3.63, 3.8) is 0 Å². The summed E-state index contributed by atoms with van der Waals surface area (Å²) in [7, 11) is 0. The van der Waals surface area contributed by atoms with Gasteiger partial charge in [0.15, 0.2) is 0 Å². The van der Waals surface area contributed by atoms with Crippen molar-refractivity contribution in [2.75, 3.05) is 5.32 Å². The van der Waals surface area contributed by atoms with Crippen LogP contribution in [0.5, 0.6) is 11.5 Å². The molecule has 0 aromatic heterocycles. The van der Waals surface area contributed by atoms with Crippen LogP contribution in [0.4, 0.5) is 10.1 Å². The van der Waals surface area contributed by atoms with Crippen molar-refractivity contribution in [2.24, 2.45) is 0 Å². The Morgan fingerprint density at radius 3 is 2.53 bits per heavy atom. The second-order valence-electron chi connectivity index (χ2n) is 4.12. The molecule has 0 aliphatic carbocycles. The van der Waals surface area contributed by atoms with Crippen molar-refractivity contribution < 1.29 is 19.4 Å². The monoisotopic (exact) mass is 261 g/mol. The van der Waals surface area contributed by atoms with Crippen molar-refractivity contribution in [2.45, 2.75) is 6.92 Å². The predicted molar refractivity (Wildman–Crippen MR) is 68.9 cm³/mol. The van der Waals surface area contributed by atoms with E-state index in [1.807, 2.05) is 0 Å². The number of carbonyl (C=O) groups excluding carboxylic acids is 1. The number of amides is 1. The maximum absolute atomic E-state index is 13.5. The Morgan fingerprint density at radius 1 is 1.16 bits per heavy atom. The summed E-state index contributed by atoms with van der Waals surface area (Å²) < 4.78 is 13.5. The van der Waals surface area contributed by atoms with E-state index in [1.165, 1.54) is 24.3 Å². The number of hydrogen-bond donors (Lipinski definition) is 3. The highest BCUT2D eigenvalue weighted by Crippen LogP contribution is 2.21. The van der Waals surface area contributed by atoms with Crippen LogP contribution in [0.1, 0.15) is 15.9 Å². The molecule has 4 nitrogen and oxygen atoms in total. The van der Waals surface area contributed by atoms with E-state index >= 15 is 0 Å². The van der Waals surface area contributed by atoms with E-state index in [0.29, 0.717) is 11.3 Å². The van der Waals surface area contributed by atoms with Gasteiger partial charge in [0.2, 0.25) is 0 Å². The molecule has 0 fully saturated rings. The normalized spacial score (nSPS) is 10.2. The van der Waals surface area contributed by atoms with Gasteiger partial charge in [0.1, 0.15) is 17.3 Å². The van der Waals surface area contributed by atoms with Gasteiger partial charge in [0, 0.05) is 11.8 Å². The fourth-order valence-corrected chi connectivity index (χ4v) is 1.62. The molecule has 19 heavy (non-hydrogen) atoms. The predicted octanol–water partition coefficient (Wildman–Crippen LogP) is 2.80. The van der Waals surface area contributed by atoms with Crippen LogP contribution >= 0.6 is 0 Å². The topological polar surface area (TPSA) is 69.6 Å². The fourth-order valence-electron chi connectivity index (χ4n) is 1.62. The first kappa shape index (κ1) is 12.9. The first-order valence-electron chi connectivity index (χ1n) is 5.57. The third-order valence-electron chi connectivity index (χ3n) is 2.65. The maximum atomic E-state index is 13.5. The molecule has 3 N–H and O–H groups in total. The lowest BCUT2D eigenvalue weighted by Crippen LogP contribution is -2.13. The van der Waals surface area contributed by atoms with Gasteiger partial charge < -0.3 is 15.5 Å². The molecule has 0 aliphatic heterocycles. The third-order valence-corrected chi connectivity index (χ3v) is 2.65. The molecule has 0 spiro atoms. The molecule has 0 saturated carbocycles. The van der Waals surface area contributed by atoms with Crippen LogP contribution < -0.4 is 5.32 Å². The van der Waals surface area contributed by atoms with Crippen molar-refractivity contribution in [3.8, 4) is 11.5 Å². The smallest absolute Gasteiger partial charge is 0.258 e. The second-order valence-corrected chi connectivity index (χ2v) is 4.12. The average molecular weight is 261 g/mol. The molecule has 0 unspecified atom stereocenters. The zero-order valence-corrected chi connectivity index (χ0v) is 10.1. The highest BCUT2D eigenvalue weighted by atomic mass is 19.1. The van der Waals surface area contributed by atoms with E-state index in [9.17, 15) is 14.3 Å². The maximum Gasteiger partial charge on any atom is 0.258 e. The Labute approximate surface area is 109 Å². The van der Waals surface area contributed by atoms with Crippen LogP contribution in [0.3, 0.4) is 0 Å². The van der Waals surface area contributed by atoms with Crippen molar-refractivity contribution in [1.82, 2.24) is 0 Å². The molecule has 98 valence electrons. The summed E-state index contributed by atoms with van der Waals surface area (Å²) in [6.07, 6.45) is 0. The molecule has 2 rings (SSSR count). The minimum absolute atomic E-state index is 0.119. The summed E-state index contributed by atoms with van der Waals surface area (Å²) in [5, 5.41) is 21.0. The van der Waals surface area contributed by atoms with Gasteiger partial charge in [0.25, 0.3) is 5.91 Å². The number of nitrogens with one attached hydrogen (secondary N) is 1. The number of hydrogen-bond acceptors (Lipinski definition) is 3. The Bertz CT molecular complexity index is 641. The highest BCUT2D eigenvalue weighted by molar-refractivity contribution is 6.04. The molecule has 5 heteroatoms. The second kappa shape index (κ2) is 4.97. The van der Waals surface area contributed by atoms with Gasteiger partial charge >= 0.3 is 0 Å². The number of phenolic OH excluding ortho intramolecular Hbond substituents is 2. The summed E-state index contributed by atoms with van der Waals surface area (Å²) in [5.74, 6) is -1.54. The minimum atomic E-state index is -0.798. The first-order chi connectivity index (χ1) is 8.97. The van der Waals surface area contributed by atoms with Gasteiger partial charge in [-0.25, -0.2) is 4.39 Å². The van der Waals surface area contributed by atoms with Crippen LogP contribution in [0, 0.1) is 12.7 Å². The molecule has 0 aliphatic rings. The van der Waals surface area contributed by atoms with Crippen LogP contribution in [0.2, 0.25) is 0 Å². The zero-order chi connectivity index (χ0) is 14.0. The largest absolute Gasteiger partial charge is 0.508 e. The Balaban J connectivity index is 2.23. The average Bonchev–Trinajstić information content (AvgIpc) is 2.33. The summed E-state index contributed by atoms with van der Waals surface area (Å²) in [6.45, 7) is 1.69. The molecule has 2 aromatic carbocycles. The molecule has 0 saturated heterocycles. The van der Waals surface area contributed by atoms with Gasteiger partial charge in [-0.3, -0.25) is 4.79 Å². The lowest BCUT2D eigenvalue weighted by Gasteiger charge is -2.08. The van der Waals surface area contributed by atoms with E-state index in [0.717, 1.165) is 6.07 Å². The quantitative estimate of drug-likeness (QED) is 0.728. The van der Waals surface area contributed by atoms with Crippen LogP contribution in [0.25, 0.3) is 0 Å². The number of phenols is 2. The van der Waals surface area contributed by atoms with Gasteiger partial charge in [-0.1, -0.05) is 0 Å². The molecule has 2 aromatic rings. The van der Waals surface area contributed by atoms with E-state index in [1.54, 1.807) is 13.0 Å². The zero-order valence-electron chi connectivity index (χ0n) is 10.1. The number of aromatic hydroxyl groups is 2. The molecule has 0 atom stereocenters. The van der Waals surface area contributed by atoms with Crippen LogP contribution in [-0.4, -0.2) is 16.1 Å². The summed E-state index contributed by atoms with van der Waals surface area (Å²) in [4.78, 5) is 11.8. The van der Waals surface area contributed by atoms with Crippen molar-refractivity contribution in [3.05, 3.63) is 53.3 Å². The molecule has 0 radical (unpaired) electrons. The van der Waals surface area contributed by atoms with Crippen LogP contribution in [-0.2, 0) is 0 Å².